The van der Waals surface area contributed by atoms with E-state index in [1.807, 2.05) is 55.4 Å². The van der Waals surface area contributed by atoms with Gasteiger partial charge in [0.25, 0.3) is 5.91 Å². The smallest absolute Gasteiger partial charge is 0.294 e. The van der Waals surface area contributed by atoms with E-state index >= 15 is 0 Å². The fourth-order valence-electron chi connectivity index (χ4n) is 2.55. The van der Waals surface area contributed by atoms with Gasteiger partial charge in [-0.15, -0.1) is 0 Å². The molecule has 0 bridgehead atoms. The number of benzene rings is 2. The summed E-state index contributed by atoms with van der Waals surface area (Å²) in [6, 6.07) is 15.0. The number of rotatable bonds is 4. The SMILES string of the molecule is CN(C)CCN1C(=O)/C(=C\c2ccccc2)Oc2cc(N)ccc21. The molecule has 2 aromatic carbocycles. The molecule has 3 rings (SSSR count). The molecule has 0 spiro atoms. The molecular weight excluding hydrogens is 302 g/mol. The number of fused-ring (bicyclic) bond motifs is 1. The third kappa shape index (κ3) is 3.41. The largest absolute Gasteiger partial charge is 0.449 e. The molecule has 124 valence electrons. The number of amides is 1. The molecule has 1 heterocycles. The Kier molecular flexibility index (Phi) is 4.53. The first-order valence-corrected chi connectivity index (χ1v) is 7.85. The van der Waals surface area contributed by atoms with E-state index in [9.17, 15) is 4.79 Å². The van der Waals surface area contributed by atoms with Gasteiger partial charge in [0.15, 0.2) is 11.5 Å². The summed E-state index contributed by atoms with van der Waals surface area (Å²) in [6.07, 6.45) is 1.76. The quantitative estimate of drug-likeness (QED) is 0.694. The minimum Gasteiger partial charge on any atom is -0.449 e. The zero-order valence-corrected chi connectivity index (χ0v) is 13.9. The van der Waals surface area contributed by atoms with Gasteiger partial charge in [-0.1, -0.05) is 30.3 Å². The molecule has 0 fully saturated rings. The number of anilines is 2. The molecule has 5 heteroatoms. The van der Waals surface area contributed by atoms with Crippen LogP contribution < -0.4 is 15.4 Å². The zero-order valence-electron chi connectivity index (χ0n) is 13.9. The number of carbonyl (C=O) groups is 1. The van der Waals surface area contributed by atoms with Crippen LogP contribution in [0.4, 0.5) is 11.4 Å². The third-order valence-corrected chi connectivity index (χ3v) is 3.82. The molecule has 24 heavy (non-hydrogen) atoms. The van der Waals surface area contributed by atoms with Crippen LogP contribution in [0, 0.1) is 0 Å². The summed E-state index contributed by atoms with van der Waals surface area (Å²) in [7, 11) is 3.96. The summed E-state index contributed by atoms with van der Waals surface area (Å²) in [5, 5.41) is 0. The fourth-order valence-corrected chi connectivity index (χ4v) is 2.55. The molecule has 0 unspecified atom stereocenters. The maximum absolute atomic E-state index is 12.9. The van der Waals surface area contributed by atoms with Crippen molar-refractivity contribution in [3.05, 3.63) is 59.9 Å². The predicted octanol–water partition coefficient (Wildman–Crippen LogP) is 2.60. The first-order chi connectivity index (χ1) is 11.5. The summed E-state index contributed by atoms with van der Waals surface area (Å²) in [5.41, 5.74) is 8.15. The monoisotopic (exact) mass is 323 g/mol. The van der Waals surface area contributed by atoms with E-state index in [1.54, 1.807) is 23.1 Å². The molecule has 0 atom stereocenters. The highest BCUT2D eigenvalue weighted by Crippen LogP contribution is 2.37. The van der Waals surface area contributed by atoms with Gasteiger partial charge in [-0.3, -0.25) is 4.79 Å². The molecule has 0 aromatic heterocycles. The third-order valence-electron chi connectivity index (χ3n) is 3.82. The van der Waals surface area contributed by atoms with Crippen molar-refractivity contribution in [3.8, 4) is 5.75 Å². The lowest BCUT2D eigenvalue weighted by molar-refractivity contribution is -0.117. The predicted molar refractivity (Wildman–Crippen MR) is 96.8 cm³/mol. The molecule has 0 radical (unpaired) electrons. The highest BCUT2D eigenvalue weighted by atomic mass is 16.5. The summed E-state index contributed by atoms with van der Waals surface area (Å²) < 4.78 is 5.84. The number of nitrogens with two attached hydrogens (primary N) is 1. The number of nitrogen functional groups attached to an aromatic ring is 1. The molecule has 0 saturated heterocycles. The van der Waals surface area contributed by atoms with E-state index in [4.69, 9.17) is 10.5 Å². The Morgan fingerprint density at radius 3 is 2.62 bits per heavy atom. The van der Waals surface area contributed by atoms with Crippen LogP contribution in [0.3, 0.4) is 0 Å². The molecule has 1 amide bonds. The van der Waals surface area contributed by atoms with Crippen molar-refractivity contribution in [2.75, 3.05) is 37.8 Å². The molecule has 5 nitrogen and oxygen atoms in total. The zero-order chi connectivity index (χ0) is 17.1. The summed E-state index contributed by atoms with van der Waals surface area (Å²) in [4.78, 5) is 16.7. The Hall–Kier alpha value is -2.79. The van der Waals surface area contributed by atoms with E-state index < -0.39 is 0 Å². The van der Waals surface area contributed by atoms with Crippen LogP contribution in [-0.4, -0.2) is 38.0 Å². The Morgan fingerprint density at radius 1 is 1.17 bits per heavy atom. The van der Waals surface area contributed by atoms with Crippen LogP contribution in [-0.2, 0) is 4.79 Å². The van der Waals surface area contributed by atoms with Crippen molar-refractivity contribution in [1.29, 1.82) is 0 Å². The Bertz CT molecular complexity index is 769. The van der Waals surface area contributed by atoms with E-state index in [-0.39, 0.29) is 5.91 Å². The Balaban J connectivity index is 1.99. The maximum atomic E-state index is 12.9. The van der Waals surface area contributed by atoms with Gasteiger partial charge < -0.3 is 20.3 Å². The molecule has 0 aliphatic carbocycles. The topological polar surface area (TPSA) is 58.8 Å². The van der Waals surface area contributed by atoms with Gasteiger partial charge in [-0.05, 0) is 37.9 Å². The molecule has 2 aromatic rings. The van der Waals surface area contributed by atoms with E-state index in [0.717, 1.165) is 17.8 Å². The number of hydrogen-bond donors (Lipinski definition) is 1. The summed E-state index contributed by atoms with van der Waals surface area (Å²) >= 11 is 0. The van der Waals surface area contributed by atoms with Crippen molar-refractivity contribution >= 4 is 23.4 Å². The standard InChI is InChI=1S/C19H21N3O2/c1-21(2)10-11-22-16-9-8-15(20)13-17(16)24-18(19(22)23)12-14-6-4-3-5-7-14/h3-9,12-13H,10-11,20H2,1-2H3/b18-12+. The van der Waals surface area contributed by atoms with Gasteiger partial charge in [0, 0.05) is 24.8 Å². The van der Waals surface area contributed by atoms with Crippen molar-refractivity contribution in [2.24, 2.45) is 0 Å². The number of likely N-dealkylation sites (N-methyl/N-ethyl adjacent to an activating group) is 1. The highest BCUT2D eigenvalue weighted by Gasteiger charge is 2.30. The number of hydrogen-bond acceptors (Lipinski definition) is 4. The second-order valence-electron chi connectivity index (χ2n) is 6.01. The van der Waals surface area contributed by atoms with Crippen molar-refractivity contribution < 1.29 is 9.53 Å². The lowest BCUT2D eigenvalue weighted by Gasteiger charge is -2.31. The number of nitrogens with zero attached hydrogens (tertiary/aromatic N) is 2. The molecule has 0 saturated carbocycles. The van der Waals surface area contributed by atoms with Gasteiger partial charge in [-0.25, -0.2) is 0 Å². The van der Waals surface area contributed by atoms with Crippen molar-refractivity contribution in [3.63, 3.8) is 0 Å². The van der Waals surface area contributed by atoms with Gasteiger partial charge in [0.2, 0.25) is 0 Å². The van der Waals surface area contributed by atoms with Crippen LogP contribution in [0.15, 0.2) is 54.3 Å². The summed E-state index contributed by atoms with van der Waals surface area (Å²) in [6.45, 7) is 1.34. The van der Waals surface area contributed by atoms with Crippen LogP contribution in [0.5, 0.6) is 5.75 Å². The average molecular weight is 323 g/mol. The average Bonchev–Trinajstić information content (AvgIpc) is 2.56. The van der Waals surface area contributed by atoms with Gasteiger partial charge >= 0.3 is 0 Å². The van der Waals surface area contributed by atoms with Crippen LogP contribution >= 0.6 is 0 Å². The van der Waals surface area contributed by atoms with Crippen molar-refractivity contribution in [2.45, 2.75) is 0 Å². The fraction of sp³-hybridized carbons (Fsp3) is 0.211. The van der Waals surface area contributed by atoms with Crippen LogP contribution in [0.25, 0.3) is 6.08 Å². The minimum atomic E-state index is -0.141. The second-order valence-corrected chi connectivity index (χ2v) is 6.01. The first kappa shape index (κ1) is 16.1. The van der Waals surface area contributed by atoms with Crippen LogP contribution in [0.1, 0.15) is 5.56 Å². The van der Waals surface area contributed by atoms with E-state index in [1.165, 1.54) is 0 Å². The lowest BCUT2D eigenvalue weighted by atomic mass is 10.1. The van der Waals surface area contributed by atoms with Crippen molar-refractivity contribution in [1.82, 2.24) is 4.90 Å². The minimum absolute atomic E-state index is 0.141. The number of carbonyl (C=O) groups excluding carboxylic acids is 1. The van der Waals surface area contributed by atoms with Gasteiger partial charge in [0.05, 0.1) is 5.69 Å². The Morgan fingerprint density at radius 2 is 1.92 bits per heavy atom. The van der Waals surface area contributed by atoms with Crippen LogP contribution in [0.2, 0.25) is 0 Å². The number of ether oxygens (including phenoxy) is 1. The molecular formula is C19H21N3O2. The normalized spacial score (nSPS) is 15.5. The lowest BCUT2D eigenvalue weighted by Crippen LogP contribution is -2.41. The van der Waals surface area contributed by atoms with E-state index in [0.29, 0.717) is 23.7 Å². The second kappa shape index (κ2) is 6.76. The maximum Gasteiger partial charge on any atom is 0.294 e. The first-order valence-electron chi connectivity index (χ1n) is 7.85. The Labute approximate surface area is 141 Å². The molecule has 1 aliphatic rings. The van der Waals surface area contributed by atoms with E-state index in [2.05, 4.69) is 0 Å². The highest BCUT2D eigenvalue weighted by molar-refractivity contribution is 6.10. The van der Waals surface area contributed by atoms with Gasteiger partial charge in [0.1, 0.15) is 0 Å². The molecule has 1 aliphatic heterocycles. The van der Waals surface area contributed by atoms with Gasteiger partial charge in [-0.2, -0.15) is 0 Å². The molecule has 2 N–H and O–H groups in total. The summed E-state index contributed by atoms with van der Waals surface area (Å²) in [5.74, 6) is 0.770.